The lowest BCUT2D eigenvalue weighted by molar-refractivity contribution is 0.0953. The molecule has 0 saturated carbocycles. The van der Waals surface area contributed by atoms with Crippen LogP contribution in [0.25, 0.3) is 10.8 Å². The molecule has 2 amide bonds. The molecule has 3 N–H and O–H groups in total. The minimum atomic E-state index is -0.458. The average Bonchev–Trinajstić information content (AvgIpc) is 2.80. The van der Waals surface area contributed by atoms with Gasteiger partial charge in [-0.05, 0) is 53.2 Å². The van der Waals surface area contributed by atoms with Crippen LogP contribution in [-0.4, -0.2) is 23.1 Å². The molecule has 0 heterocycles. The Hall–Kier alpha value is -4.16. The van der Waals surface area contributed by atoms with E-state index in [0.29, 0.717) is 27.4 Å². The van der Waals surface area contributed by atoms with Crippen molar-refractivity contribution in [3.8, 4) is 5.75 Å². The van der Waals surface area contributed by atoms with Crippen LogP contribution in [0, 0.1) is 0 Å². The lowest BCUT2D eigenvalue weighted by Gasteiger charge is -2.08. The van der Waals surface area contributed by atoms with Gasteiger partial charge in [0.05, 0.1) is 6.21 Å². The number of phenolic OH excluding ortho intramolecular Hbond substituents is 1. The fourth-order valence-corrected chi connectivity index (χ4v) is 3.40. The fourth-order valence-electron chi connectivity index (χ4n) is 3.21. The highest BCUT2D eigenvalue weighted by atomic mass is 35.5. The zero-order chi connectivity index (χ0) is 22.5. The summed E-state index contributed by atoms with van der Waals surface area (Å²) in [5.41, 5.74) is 4.13. The molecular weight excluding hydrogens is 426 g/mol. The molecular formula is C25H18ClN3O3. The fraction of sp³-hybridized carbons (Fsp3) is 0. The molecule has 0 radical (unpaired) electrons. The lowest BCUT2D eigenvalue weighted by Crippen LogP contribution is -2.18. The van der Waals surface area contributed by atoms with E-state index in [2.05, 4.69) is 15.8 Å². The largest absolute Gasteiger partial charge is 0.507 e. The van der Waals surface area contributed by atoms with Gasteiger partial charge in [-0.3, -0.25) is 9.59 Å². The van der Waals surface area contributed by atoms with E-state index >= 15 is 0 Å². The minimum Gasteiger partial charge on any atom is -0.507 e. The Labute approximate surface area is 189 Å². The number of rotatable bonds is 5. The summed E-state index contributed by atoms with van der Waals surface area (Å²) in [4.78, 5) is 24.9. The van der Waals surface area contributed by atoms with E-state index in [4.69, 9.17) is 11.6 Å². The van der Waals surface area contributed by atoms with Crippen LogP contribution >= 0.6 is 11.6 Å². The number of hydrogen-bond acceptors (Lipinski definition) is 4. The number of nitrogens with zero attached hydrogens (tertiary/aromatic N) is 1. The van der Waals surface area contributed by atoms with E-state index in [1.807, 2.05) is 30.3 Å². The first-order valence-electron chi connectivity index (χ1n) is 9.72. The van der Waals surface area contributed by atoms with Crippen LogP contribution in [0.5, 0.6) is 5.75 Å². The number of hydrogen-bond donors (Lipinski definition) is 3. The number of nitrogens with one attached hydrogen (secondary N) is 2. The number of halogens is 1. The standard InChI is InChI=1S/C25H18ClN3O3/c26-19-8-3-6-17(13-19)24(31)28-20-9-4-7-18(14-20)25(32)29-27-15-22-21-10-2-1-5-16(21)11-12-23(22)30/h1-15,30H,(H,28,31)(H,29,32)/b27-15+. The van der Waals surface area contributed by atoms with Crippen molar-refractivity contribution in [3.63, 3.8) is 0 Å². The Morgan fingerprint density at radius 3 is 2.41 bits per heavy atom. The Morgan fingerprint density at radius 1 is 0.844 bits per heavy atom. The molecule has 0 saturated heterocycles. The summed E-state index contributed by atoms with van der Waals surface area (Å²) in [6.07, 6.45) is 1.40. The molecule has 4 aromatic carbocycles. The second-order valence-electron chi connectivity index (χ2n) is 6.96. The predicted molar refractivity (Wildman–Crippen MR) is 127 cm³/mol. The van der Waals surface area contributed by atoms with E-state index in [-0.39, 0.29) is 11.7 Å². The van der Waals surface area contributed by atoms with Gasteiger partial charge >= 0.3 is 0 Å². The Bertz CT molecular complexity index is 1350. The normalized spacial score (nSPS) is 10.9. The number of aromatic hydroxyl groups is 1. The molecule has 7 heteroatoms. The maximum atomic E-state index is 12.5. The van der Waals surface area contributed by atoms with E-state index < -0.39 is 5.91 Å². The number of hydrazone groups is 1. The summed E-state index contributed by atoms with van der Waals surface area (Å²) >= 11 is 5.93. The molecule has 0 spiro atoms. The van der Waals surface area contributed by atoms with Crippen LogP contribution in [0.4, 0.5) is 5.69 Å². The topological polar surface area (TPSA) is 90.8 Å². The molecule has 0 fully saturated rings. The quantitative estimate of drug-likeness (QED) is 0.292. The summed E-state index contributed by atoms with van der Waals surface area (Å²) in [6.45, 7) is 0. The summed E-state index contributed by atoms with van der Waals surface area (Å²) in [5.74, 6) is -0.734. The second-order valence-corrected chi connectivity index (χ2v) is 7.40. The number of amides is 2. The number of carbonyl (C=O) groups excluding carboxylic acids is 2. The first-order chi connectivity index (χ1) is 15.5. The minimum absolute atomic E-state index is 0.0624. The van der Waals surface area contributed by atoms with Gasteiger partial charge in [-0.2, -0.15) is 5.10 Å². The van der Waals surface area contributed by atoms with Crippen molar-refractivity contribution in [2.24, 2.45) is 5.10 Å². The third kappa shape index (κ3) is 4.77. The van der Waals surface area contributed by atoms with Gasteiger partial charge in [0, 0.05) is 27.4 Å². The van der Waals surface area contributed by atoms with Gasteiger partial charge in [-0.25, -0.2) is 5.43 Å². The molecule has 6 nitrogen and oxygen atoms in total. The molecule has 0 aliphatic rings. The molecule has 4 rings (SSSR count). The number of anilines is 1. The Kier molecular flexibility index (Phi) is 6.14. The second kappa shape index (κ2) is 9.32. The van der Waals surface area contributed by atoms with Crippen LogP contribution in [0.15, 0.2) is 90.0 Å². The van der Waals surface area contributed by atoms with Gasteiger partial charge in [0.25, 0.3) is 11.8 Å². The number of benzene rings is 4. The van der Waals surface area contributed by atoms with Gasteiger partial charge in [0.1, 0.15) is 5.75 Å². The van der Waals surface area contributed by atoms with Crippen molar-refractivity contribution >= 4 is 46.1 Å². The highest BCUT2D eigenvalue weighted by molar-refractivity contribution is 6.31. The molecule has 0 aromatic heterocycles. The summed E-state index contributed by atoms with van der Waals surface area (Å²) in [6, 6.07) is 24.0. The van der Waals surface area contributed by atoms with E-state index in [1.165, 1.54) is 6.21 Å². The molecule has 0 bridgehead atoms. The van der Waals surface area contributed by atoms with Crippen molar-refractivity contribution < 1.29 is 14.7 Å². The Balaban J connectivity index is 1.47. The van der Waals surface area contributed by atoms with Gasteiger partial charge < -0.3 is 10.4 Å². The number of carbonyl (C=O) groups is 2. The van der Waals surface area contributed by atoms with Crippen molar-refractivity contribution in [3.05, 3.63) is 107 Å². The number of fused-ring (bicyclic) bond motifs is 1. The van der Waals surface area contributed by atoms with Gasteiger partial charge in [-0.1, -0.05) is 54.1 Å². The van der Waals surface area contributed by atoms with Crippen molar-refractivity contribution in [2.75, 3.05) is 5.32 Å². The van der Waals surface area contributed by atoms with E-state index in [0.717, 1.165) is 10.8 Å². The highest BCUT2D eigenvalue weighted by Gasteiger charge is 2.10. The first-order valence-corrected chi connectivity index (χ1v) is 10.1. The predicted octanol–water partition coefficient (Wildman–Crippen LogP) is 5.22. The van der Waals surface area contributed by atoms with Crippen LogP contribution in [-0.2, 0) is 0 Å². The van der Waals surface area contributed by atoms with Gasteiger partial charge in [-0.15, -0.1) is 0 Å². The maximum absolute atomic E-state index is 12.5. The van der Waals surface area contributed by atoms with Crippen LogP contribution in [0.2, 0.25) is 5.02 Å². The molecule has 4 aromatic rings. The summed E-state index contributed by atoms with van der Waals surface area (Å²) in [7, 11) is 0. The van der Waals surface area contributed by atoms with E-state index in [1.54, 1.807) is 54.6 Å². The molecule has 0 aliphatic carbocycles. The molecule has 158 valence electrons. The monoisotopic (exact) mass is 443 g/mol. The van der Waals surface area contributed by atoms with Crippen LogP contribution < -0.4 is 10.7 Å². The van der Waals surface area contributed by atoms with Crippen molar-refractivity contribution in [1.82, 2.24) is 5.43 Å². The van der Waals surface area contributed by atoms with Crippen molar-refractivity contribution in [1.29, 1.82) is 0 Å². The summed E-state index contributed by atoms with van der Waals surface area (Å²) in [5, 5.41) is 19.1. The zero-order valence-corrected chi connectivity index (χ0v) is 17.5. The van der Waals surface area contributed by atoms with Gasteiger partial charge in [0.2, 0.25) is 0 Å². The molecule has 0 aliphatic heterocycles. The average molecular weight is 444 g/mol. The molecule has 0 atom stereocenters. The van der Waals surface area contributed by atoms with E-state index in [9.17, 15) is 14.7 Å². The maximum Gasteiger partial charge on any atom is 0.271 e. The van der Waals surface area contributed by atoms with Crippen LogP contribution in [0.1, 0.15) is 26.3 Å². The highest BCUT2D eigenvalue weighted by Crippen LogP contribution is 2.25. The first kappa shape index (κ1) is 21.1. The third-order valence-electron chi connectivity index (χ3n) is 4.78. The third-order valence-corrected chi connectivity index (χ3v) is 5.01. The molecule has 0 unspecified atom stereocenters. The smallest absolute Gasteiger partial charge is 0.271 e. The zero-order valence-electron chi connectivity index (χ0n) is 16.7. The SMILES string of the molecule is O=C(N/N=C/c1c(O)ccc2ccccc12)c1cccc(NC(=O)c2cccc(Cl)c2)c1. The Morgan fingerprint density at radius 2 is 1.59 bits per heavy atom. The lowest BCUT2D eigenvalue weighted by atomic mass is 10.0. The van der Waals surface area contributed by atoms with Crippen molar-refractivity contribution in [2.45, 2.75) is 0 Å². The van der Waals surface area contributed by atoms with Gasteiger partial charge in [0.15, 0.2) is 0 Å². The number of phenols is 1. The molecule has 32 heavy (non-hydrogen) atoms. The summed E-state index contributed by atoms with van der Waals surface area (Å²) < 4.78 is 0. The van der Waals surface area contributed by atoms with Crippen LogP contribution in [0.3, 0.4) is 0 Å².